The number of hydrogen-bond acceptors (Lipinski definition) is 5. The van der Waals surface area contributed by atoms with Crippen LogP contribution in [0.5, 0.6) is 0 Å². The number of rotatable bonds is 2. The Morgan fingerprint density at radius 3 is 1.56 bits per heavy atom. The number of nitrogens with zero attached hydrogens (tertiary/aromatic N) is 2. The van der Waals surface area contributed by atoms with E-state index >= 15 is 0 Å². The summed E-state index contributed by atoms with van der Waals surface area (Å²) in [6, 6.07) is 4.95. The second-order valence-corrected chi connectivity index (χ2v) is 2.52. The molecule has 0 bridgehead atoms. The lowest BCUT2D eigenvalue weighted by Gasteiger charge is -1.91. The molecule has 8 nitrogen and oxygen atoms in total. The van der Waals surface area contributed by atoms with Crippen LogP contribution in [0.3, 0.4) is 0 Å². The topological polar surface area (TPSA) is 124 Å². The first kappa shape index (κ1) is 13.5. The summed E-state index contributed by atoms with van der Waals surface area (Å²) in [4.78, 5) is 27.9. The summed E-state index contributed by atoms with van der Waals surface area (Å²) >= 11 is 0. The average molecular weight is 228 g/mol. The molecule has 0 aliphatic rings. The standard InChI is InChI=1S/C6H4N2O4.C2H4O2/c9-7(10)5-3-1-2-4-6(5)8(11)12;1-2(3)4/h1-4H;1H3,(H,3,4). The van der Waals surface area contributed by atoms with Gasteiger partial charge in [0.15, 0.2) is 0 Å². The van der Waals surface area contributed by atoms with Crippen LogP contribution in [-0.4, -0.2) is 20.9 Å². The fourth-order valence-electron chi connectivity index (χ4n) is 0.773. The van der Waals surface area contributed by atoms with Gasteiger partial charge in [0, 0.05) is 19.1 Å². The van der Waals surface area contributed by atoms with Gasteiger partial charge in [-0.2, -0.15) is 0 Å². The molecule has 8 heteroatoms. The molecule has 1 aromatic rings. The highest BCUT2D eigenvalue weighted by Gasteiger charge is 2.21. The zero-order valence-electron chi connectivity index (χ0n) is 8.19. The molecule has 0 fully saturated rings. The highest BCUT2D eigenvalue weighted by Crippen LogP contribution is 2.24. The number of aliphatic carboxylic acids is 1. The second kappa shape index (κ2) is 6.06. The molecule has 0 radical (unpaired) electrons. The third-order valence-electron chi connectivity index (χ3n) is 1.28. The number of carboxylic acid groups (broad SMARTS) is 1. The van der Waals surface area contributed by atoms with Crippen LogP contribution in [0.4, 0.5) is 11.4 Å². The van der Waals surface area contributed by atoms with Crippen LogP contribution in [0.25, 0.3) is 0 Å². The predicted octanol–water partition coefficient (Wildman–Crippen LogP) is 1.59. The van der Waals surface area contributed by atoms with Gasteiger partial charge in [-0.3, -0.25) is 25.0 Å². The first-order valence-electron chi connectivity index (χ1n) is 3.93. The van der Waals surface area contributed by atoms with Gasteiger partial charge in [-0.1, -0.05) is 12.1 Å². The van der Waals surface area contributed by atoms with Crippen LogP contribution in [0.2, 0.25) is 0 Å². The second-order valence-electron chi connectivity index (χ2n) is 2.52. The van der Waals surface area contributed by atoms with Crippen LogP contribution >= 0.6 is 0 Å². The molecule has 1 N–H and O–H groups in total. The maximum Gasteiger partial charge on any atom is 0.346 e. The largest absolute Gasteiger partial charge is 0.481 e. The zero-order chi connectivity index (χ0) is 12.7. The van der Waals surface area contributed by atoms with Crippen molar-refractivity contribution in [3.8, 4) is 0 Å². The summed E-state index contributed by atoms with van der Waals surface area (Å²) in [5.41, 5.74) is -0.968. The van der Waals surface area contributed by atoms with Gasteiger partial charge in [0.1, 0.15) is 0 Å². The average Bonchev–Trinajstić information content (AvgIpc) is 2.16. The van der Waals surface area contributed by atoms with Gasteiger partial charge in [0.25, 0.3) is 5.97 Å². The van der Waals surface area contributed by atoms with Crippen LogP contribution in [0, 0.1) is 20.2 Å². The molecule has 0 saturated heterocycles. The fraction of sp³-hybridized carbons (Fsp3) is 0.125. The lowest BCUT2D eigenvalue weighted by atomic mass is 10.3. The third-order valence-corrected chi connectivity index (χ3v) is 1.28. The van der Waals surface area contributed by atoms with Crippen LogP contribution in [0.1, 0.15) is 6.92 Å². The highest BCUT2D eigenvalue weighted by molar-refractivity contribution is 5.62. The SMILES string of the molecule is CC(=O)O.O=[N+]([O-])c1ccccc1[N+](=O)[O-]. The Labute approximate surface area is 89.4 Å². The minimum absolute atomic E-state index is 0.484. The Morgan fingerprint density at radius 1 is 1.12 bits per heavy atom. The summed E-state index contributed by atoms with van der Waals surface area (Å²) in [5, 5.41) is 27.9. The van der Waals surface area contributed by atoms with Crippen molar-refractivity contribution in [1.29, 1.82) is 0 Å². The van der Waals surface area contributed by atoms with Gasteiger partial charge in [-0.15, -0.1) is 0 Å². The van der Waals surface area contributed by atoms with E-state index in [9.17, 15) is 20.2 Å². The van der Waals surface area contributed by atoms with Gasteiger partial charge >= 0.3 is 11.4 Å². The Hall–Kier alpha value is -2.51. The number of nitro benzene ring substituents is 2. The van der Waals surface area contributed by atoms with E-state index in [0.29, 0.717) is 0 Å². The van der Waals surface area contributed by atoms with E-state index in [1.807, 2.05) is 0 Å². The number of carbonyl (C=O) groups is 1. The predicted molar refractivity (Wildman–Crippen MR) is 53.1 cm³/mol. The molecule has 0 spiro atoms. The third kappa shape index (κ3) is 4.65. The van der Waals surface area contributed by atoms with Crippen molar-refractivity contribution in [2.45, 2.75) is 6.92 Å². The van der Waals surface area contributed by atoms with Crippen molar-refractivity contribution in [3.63, 3.8) is 0 Å². The maximum atomic E-state index is 10.2. The summed E-state index contributed by atoms with van der Waals surface area (Å²) in [5.74, 6) is -0.833. The fourth-order valence-corrected chi connectivity index (χ4v) is 0.773. The molecule has 0 aliphatic carbocycles. The molecular weight excluding hydrogens is 220 g/mol. The van der Waals surface area contributed by atoms with Gasteiger partial charge in [0.05, 0.1) is 9.85 Å². The van der Waals surface area contributed by atoms with Gasteiger partial charge in [-0.05, 0) is 0 Å². The smallest absolute Gasteiger partial charge is 0.346 e. The molecule has 0 saturated carbocycles. The van der Waals surface area contributed by atoms with Crippen LogP contribution in [0.15, 0.2) is 24.3 Å². The zero-order valence-corrected chi connectivity index (χ0v) is 8.19. The molecule has 1 rings (SSSR count). The first-order valence-corrected chi connectivity index (χ1v) is 3.93. The highest BCUT2D eigenvalue weighted by atomic mass is 16.6. The monoisotopic (exact) mass is 228 g/mol. The van der Waals surface area contributed by atoms with Crippen molar-refractivity contribution in [3.05, 3.63) is 44.5 Å². The van der Waals surface area contributed by atoms with Crippen molar-refractivity contribution < 1.29 is 19.7 Å². The summed E-state index contributed by atoms with van der Waals surface area (Å²) < 4.78 is 0. The van der Waals surface area contributed by atoms with Crippen LogP contribution < -0.4 is 0 Å². The molecule has 86 valence electrons. The summed E-state index contributed by atoms with van der Waals surface area (Å²) in [6.45, 7) is 1.08. The Balaban J connectivity index is 0.000000487. The number of para-hydroxylation sites is 2. The summed E-state index contributed by atoms with van der Waals surface area (Å²) in [6.07, 6.45) is 0. The molecule has 0 heterocycles. The van der Waals surface area contributed by atoms with Crippen LogP contribution in [-0.2, 0) is 4.79 Å². The Bertz CT molecular complexity index is 380. The Morgan fingerprint density at radius 2 is 1.38 bits per heavy atom. The van der Waals surface area contributed by atoms with Crippen molar-refractivity contribution >= 4 is 17.3 Å². The molecule has 0 atom stereocenters. The molecule has 1 aromatic carbocycles. The molecular formula is C8H8N2O6. The summed E-state index contributed by atoms with van der Waals surface area (Å²) in [7, 11) is 0. The van der Waals surface area contributed by atoms with E-state index in [4.69, 9.17) is 9.90 Å². The van der Waals surface area contributed by atoms with E-state index in [2.05, 4.69) is 0 Å². The van der Waals surface area contributed by atoms with Crippen molar-refractivity contribution in [2.24, 2.45) is 0 Å². The first-order chi connectivity index (χ1) is 7.36. The van der Waals surface area contributed by atoms with Gasteiger partial charge in [-0.25, -0.2) is 0 Å². The minimum Gasteiger partial charge on any atom is -0.481 e. The van der Waals surface area contributed by atoms with E-state index in [0.717, 1.165) is 19.1 Å². The van der Waals surface area contributed by atoms with E-state index < -0.39 is 27.2 Å². The molecule has 0 amide bonds. The quantitative estimate of drug-likeness (QED) is 0.605. The normalized spacial score (nSPS) is 8.56. The Kier molecular flexibility index (Phi) is 5.11. The lowest BCUT2D eigenvalue weighted by Crippen LogP contribution is -1.95. The van der Waals surface area contributed by atoms with Crippen molar-refractivity contribution in [1.82, 2.24) is 0 Å². The number of carboxylic acids is 1. The van der Waals surface area contributed by atoms with Crippen molar-refractivity contribution in [2.75, 3.05) is 0 Å². The van der Waals surface area contributed by atoms with E-state index in [-0.39, 0.29) is 0 Å². The van der Waals surface area contributed by atoms with Gasteiger partial charge < -0.3 is 5.11 Å². The number of hydrogen-bond donors (Lipinski definition) is 1. The number of nitro groups is 2. The van der Waals surface area contributed by atoms with E-state index in [1.54, 1.807) is 0 Å². The molecule has 0 unspecified atom stereocenters. The maximum absolute atomic E-state index is 10.2. The molecule has 0 aliphatic heterocycles. The molecule has 16 heavy (non-hydrogen) atoms. The lowest BCUT2D eigenvalue weighted by molar-refractivity contribution is -0.422. The molecule has 0 aromatic heterocycles. The number of benzene rings is 1. The van der Waals surface area contributed by atoms with Gasteiger partial charge in [0.2, 0.25) is 0 Å². The minimum atomic E-state index is -0.833. The van der Waals surface area contributed by atoms with E-state index in [1.165, 1.54) is 12.1 Å².